The van der Waals surface area contributed by atoms with E-state index in [9.17, 15) is 4.79 Å². The third-order valence-electron chi connectivity index (χ3n) is 1.56. The SMILES string of the molecule is CC(C)=CCC(Br)C(C)=CC=O. The van der Waals surface area contributed by atoms with Gasteiger partial charge in [0.25, 0.3) is 0 Å². The van der Waals surface area contributed by atoms with E-state index in [1.165, 1.54) is 5.57 Å². The van der Waals surface area contributed by atoms with Crippen molar-refractivity contribution in [2.75, 3.05) is 0 Å². The van der Waals surface area contributed by atoms with E-state index in [4.69, 9.17) is 0 Å². The number of rotatable bonds is 4. The van der Waals surface area contributed by atoms with E-state index in [1.807, 2.05) is 6.92 Å². The van der Waals surface area contributed by atoms with Crippen LogP contribution in [-0.2, 0) is 4.79 Å². The van der Waals surface area contributed by atoms with Crippen LogP contribution in [0.25, 0.3) is 0 Å². The minimum Gasteiger partial charge on any atom is -0.299 e. The third-order valence-corrected chi connectivity index (χ3v) is 2.65. The fourth-order valence-corrected chi connectivity index (χ4v) is 1.08. The zero-order chi connectivity index (χ0) is 9.56. The lowest BCUT2D eigenvalue weighted by Crippen LogP contribution is -1.97. The van der Waals surface area contributed by atoms with Crippen LogP contribution < -0.4 is 0 Å². The predicted octanol–water partition coefficient (Wildman–Crippen LogP) is 3.25. The van der Waals surface area contributed by atoms with Crippen LogP contribution in [0.2, 0.25) is 0 Å². The smallest absolute Gasteiger partial charge is 0.142 e. The molecule has 0 spiro atoms. The van der Waals surface area contributed by atoms with E-state index >= 15 is 0 Å². The van der Waals surface area contributed by atoms with Gasteiger partial charge in [0.05, 0.1) is 0 Å². The second-order valence-electron chi connectivity index (χ2n) is 3.03. The van der Waals surface area contributed by atoms with Crippen molar-refractivity contribution in [3.63, 3.8) is 0 Å². The Morgan fingerprint density at radius 3 is 2.42 bits per heavy atom. The number of hydrogen-bond donors (Lipinski definition) is 0. The summed E-state index contributed by atoms with van der Waals surface area (Å²) in [5, 5.41) is 0. The molecular weight excluding hydrogens is 216 g/mol. The third kappa shape index (κ3) is 5.30. The molecule has 0 aliphatic heterocycles. The fraction of sp³-hybridized carbons (Fsp3) is 0.500. The van der Waals surface area contributed by atoms with Crippen molar-refractivity contribution in [1.29, 1.82) is 0 Å². The molecule has 0 heterocycles. The molecule has 2 heteroatoms. The molecule has 0 aromatic carbocycles. The normalized spacial score (nSPS) is 13.8. The van der Waals surface area contributed by atoms with Gasteiger partial charge in [0.2, 0.25) is 0 Å². The van der Waals surface area contributed by atoms with Gasteiger partial charge in [-0.3, -0.25) is 4.79 Å². The molecule has 0 saturated heterocycles. The van der Waals surface area contributed by atoms with E-state index in [1.54, 1.807) is 6.08 Å². The molecule has 0 fully saturated rings. The van der Waals surface area contributed by atoms with Crippen LogP contribution in [0.5, 0.6) is 0 Å². The lowest BCUT2D eigenvalue weighted by molar-refractivity contribution is -0.104. The Morgan fingerprint density at radius 2 is 2.00 bits per heavy atom. The monoisotopic (exact) mass is 230 g/mol. The quantitative estimate of drug-likeness (QED) is 0.314. The van der Waals surface area contributed by atoms with Crippen molar-refractivity contribution in [2.45, 2.75) is 32.0 Å². The highest BCUT2D eigenvalue weighted by atomic mass is 79.9. The molecule has 0 aliphatic carbocycles. The van der Waals surface area contributed by atoms with Crippen molar-refractivity contribution in [1.82, 2.24) is 0 Å². The van der Waals surface area contributed by atoms with Crippen LogP contribution >= 0.6 is 15.9 Å². The molecule has 0 N–H and O–H groups in total. The van der Waals surface area contributed by atoms with Gasteiger partial charge in [-0.15, -0.1) is 0 Å². The molecule has 0 bridgehead atoms. The Labute approximate surface area is 82.7 Å². The first kappa shape index (κ1) is 11.6. The van der Waals surface area contributed by atoms with Crippen molar-refractivity contribution >= 4 is 22.2 Å². The van der Waals surface area contributed by atoms with Crippen molar-refractivity contribution in [3.8, 4) is 0 Å². The summed E-state index contributed by atoms with van der Waals surface area (Å²) in [5.74, 6) is 0. The molecule has 0 aliphatic rings. The average Bonchev–Trinajstić information content (AvgIpc) is 2.00. The van der Waals surface area contributed by atoms with E-state index in [0.717, 1.165) is 18.3 Å². The van der Waals surface area contributed by atoms with Crippen LogP contribution in [-0.4, -0.2) is 11.1 Å². The highest BCUT2D eigenvalue weighted by Gasteiger charge is 2.02. The zero-order valence-corrected chi connectivity index (χ0v) is 9.39. The van der Waals surface area contributed by atoms with E-state index in [-0.39, 0.29) is 4.83 Å². The second kappa shape index (κ2) is 6.18. The standard InChI is InChI=1S/C10H15BrO/c1-8(2)4-5-10(11)9(3)6-7-12/h4,6-7,10H,5H2,1-3H3. The Morgan fingerprint density at radius 1 is 1.42 bits per heavy atom. The first-order valence-corrected chi connectivity index (χ1v) is 4.89. The van der Waals surface area contributed by atoms with Crippen LogP contribution in [0.3, 0.4) is 0 Å². The summed E-state index contributed by atoms with van der Waals surface area (Å²) in [6, 6.07) is 0. The summed E-state index contributed by atoms with van der Waals surface area (Å²) < 4.78 is 0. The predicted molar refractivity (Wildman–Crippen MR) is 56.6 cm³/mol. The van der Waals surface area contributed by atoms with Gasteiger partial charge >= 0.3 is 0 Å². The highest BCUT2D eigenvalue weighted by molar-refractivity contribution is 9.09. The molecule has 0 aromatic heterocycles. The summed E-state index contributed by atoms with van der Waals surface area (Å²) in [6.45, 7) is 6.09. The van der Waals surface area contributed by atoms with Gasteiger partial charge in [-0.25, -0.2) is 0 Å². The topological polar surface area (TPSA) is 17.1 Å². The molecule has 0 amide bonds. The maximum Gasteiger partial charge on any atom is 0.142 e. The highest BCUT2D eigenvalue weighted by Crippen LogP contribution is 2.16. The molecular formula is C10H15BrO. The van der Waals surface area contributed by atoms with Gasteiger partial charge < -0.3 is 0 Å². The van der Waals surface area contributed by atoms with Crippen LogP contribution in [0, 0.1) is 0 Å². The van der Waals surface area contributed by atoms with Gasteiger partial charge in [0, 0.05) is 4.83 Å². The minimum atomic E-state index is 0.289. The molecule has 1 atom stereocenters. The Bertz CT molecular complexity index is 200. The number of allylic oxidation sites excluding steroid dienone is 4. The summed E-state index contributed by atoms with van der Waals surface area (Å²) >= 11 is 3.50. The number of carbonyl (C=O) groups excluding carboxylic acids is 1. The zero-order valence-electron chi connectivity index (χ0n) is 7.80. The van der Waals surface area contributed by atoms with Gasteiger partial charge in [-0.05, 0) is 33.3 Å². The lowest BCUT2D eigenvalue weighted by Gasteiger charge is -2.06. The molecule has 12 heavy (non-hydrogen) atoms. The van der Waals surface area contributed by atoms with Crippen LogP contribution in [0.4, 0.5) is 0 Å². The van der Waals surface area contributed by atoms with E-state index in [0.29, 0.717) is 0 Å². The minimum absolute atomic E-state index is 0.289. The molecule has 0 saturated carbocycles. The first-order chi connectivity index (χ1) is 5.57. The maximum atomic E-state index is 10.1. The molecule has 0 aromatic rings. The number of alkyl halides is 1. The summed E-state index contributed by atoms with van der Waals surface area (Å²) in [4.78, 5) is 10.4. The number of hydrogen-bond acceptors (Lipinski definition) is 1. The molecule has 68 valence electrons. The van der Waals surface area contributed by atoms with Gasteiger partial charge in [-0.2, -0.15) is 0 Å². The van der Waals surface area contributed by atoms with Crippen molar-refractivity contribution < 1.29 is 4.79 Å². The number of carbonyl (C=O) groups is 1. The number of halogens is 1. The van der Waals surface area contributed by atoms with E-state index in [2.05, 4.69) is 35.9 Å². The molecule has 0 rings (SSSR count). The Balaban J connectivity index is 4.04. The fourth-order valence-electron chi connectivity index (χ4n) is 0.737. The maximum absolute atomic E-state index is 10.1. The first-order valence-electron chi connectivity index (χ1n) is 3.97. The summed E-state index contributed by atoms with van der Waals surface area (Å²) in [5.41, 5.74) is 2.38. The Hall–Kier alpha value is -0.370. The van der Waals surface area contributed by atoms with Crippen LogP contribution in [0.15, 0.2) is 23.3 Å². The lowest BCUT2D eigenvalue weighted by atomic mass is 10.1. The van der Waals surface area contributed by atoms with Gasteiger partial charge in [0.1, 0.15) is 6.29 Å². The summed E-state index contributed by atoms with van der Waals surface area (Å²) in [6.07, 6.45) is 5.52. The van der Waals surface area contributed by atoms with Gasteiger partial charge in [0.15, 0.2) is 0 Å². The van der Waals surface area contributed by atoms with Crippen molar-refractivity contribution in [2.24, 2.45) is 0 Å². The molecule has 0 radical (unpaired) electrons. The Kier molecular flexibility index (Phi) is 5.99. The molecule has 1 nitrogen and oxygen atoms in total. The molecule has 1 unspecified atom stereocenters. The average molecular weight is 231 g/mol. The summed E-state index contributed by atoms with van der Waals surface area (Å²) in [7, 11) is 0. The van der Waals surface area contributed by atoms with Gasteiger partial charge in [-0.1, -0.05) is 33.2 Å². The van der Waals surface area contributed by atoms with Crippen LogP contribution in [0.1, 0.15) is 27.2 Å². The second-order valence-corrected chi connectivity index (χ2v) is 4.14. The van der Waals surface area contributed by atoms with Crippen molar-refractivity contribution in [3.05, 3.63) is 23.3 Å². The van der Waals surface area contributed by atoms with E-state index < -0.39 is 0 Å². The number of aldehydes is 1. The largest absolute Gasteiger partial charge is 0.299 e.